The summed E-state index contributed by atoms with van der Waals surface area (Å²) in [5, 5.41) is 14.4. The maximum atomic E-state index is 11.3. The van der Waals surface area contributed by atoms with Crippen molar-refractivity contribution < 1.29 is 18.1 Å². The third-order valence-corrected chi connectivity index (χ3v) is 4.19. The largest absolute Gasteiger partial charge is 0.410 e. The second kappa shape index (κ2) is 5.64. The lowest BCUT2D eigenvalue weighted by Crippen LogP contribution is -2.42. The third-order valence-electron chi connectivity index (χ3n) is 2.88. The fourth-order valence-electron chi connectivity index (χ4n) is 1.97. The minimum absolute atomic E-state index is 0.209. The number of hydrogen-bond donors (Lipinski definition) is 0. The molecule has 1 unspecified atom stereocenters. The third kappa shape index (κ3) is 3.45. The van der Waals surface area contributed by atoms with Gasteiger partial charge in [0, 0.05) is 23.8 Å². The quantitative estimate of drug-likeness (QED) is 0.437. The lowest BCUT2D eigenvalue weighted by atomic mass is 10.3. The fourth-order valence-corrected chi connectivity index (χ4v) is 2.88. The average Bonchev–Trinajstić information content (AvgIpc) is 2.73. The van der Waals surface area contributed by atoms with Gasteiger partial charge in [-0.15, -0.1) is 0 Å². The van der Waals surface area contributed by atoms with Crippen molar-refractivity contribution in [3.05, 3.63) is 16.3 Å². The van der Waals surface area contributed by atoms with Crippen molar-refractivity contribution in [1.82, 2.24) is 14.7 Å². The number of morpholine rings is 1. The van der Waals surface area contributed by atoms with E-state index in [1.807, 2.05) is 11.9 Å². The van der Waals surface area contributed by atoms with Gasteiger partial charge in [0.25, 0.3) is 9.05 Å². The molecule has 0 aliphatic carbocycles. The highest BCUT2D eigenvalue weighted by molar-refractivity contribution is 8.13. The van der Waals surface area contributed by atoms with Gasteiger partial charge in [-0.1, -0.05) is 0 Å². The van der Waals surface area contributed by atoms with Gasteiger partial charge >= 0.3 is 5.82 Å². The molecule has 20 heavy (non-hydrogen) atoms. The lowest BCUT2D eigenvalue weighted by molar-refractivity contribution is -0.392. The van der Waals surface area contributed by atoms with Gasteiger partial charge in [0.2, 0.25) is 4.90 Å². The van der Waals surface area contributed by atoms with Crippen LogP contribution in [-0.2, 0) is 20.3 Å². The second-order valence-corrected chi connectivity index (χ2v) is 7.02. The van der Waals surface area contributed by atoms with Crippen LogP contribution in [0.4, 0.5) is 5.82 Å². The molecule has 1 aromatic rings. The van der Waals surface area contributed by atoms with E-state index in [4.69, 9.17) is 15.4 Å². The molecule has 1 aromatic heterocycles. The van der Waals surface area contributed by atoms with Gasteiger partial charge in [0.15, 0.2) is 0 Å². The minimum Gasteiger partial charge on any atom is -0.374 e. The van der Waals surface area contributed by atoms with Crippen LogP contribution in [0.2, 0.25) is 0 Å². The molecule has 1 fully saturated rings. The highest BCUT2D eigenvalue weighted by Crippen LogP contribution is 2.25. The van der Waals surface area contributed by atoms with Crippen LogP contribution in [0.25, 0.3) is 0 Å². The molecule has 2 rings (SSSR count). The SMILES string of the molecule is CN1CCOC(Cn2cc(S(=O)(=O)Cl)c([N+](=O)[O-])n2)C1. The first-order chi connectivity index (χ1) is 9.27. The van der Waals surface area contributed by atoms with Gasteiger partial charge in [-0.3, -0.25) is 0 Å². The molecule has 11 heteroatoms. The Morgan fingerprint density at radius 2 is 2.35 bits per heavy atom. The van der Waals surface area contributed by atoms with Crippen LogP contribution in [0.1, 0.15) is 0 Å². The predicted molar refractivity (Wildman–Crippen MR) is 69.2 cm³/mol. The van der Waals surface area contributed by atoms with Crippen molar-refractivity contribution in [2.75, 3.05) is 26.7 Å². The zero-order valence-corrected chi connectivity index (χ0v) is 12.2. The van der Waals surface area contributed by atoms with E-state index >= 15 is 0 Å². The Bertz CT molecular complexity index is 616. The van der Waals surface area contributed by atoms with Crippen LogP contribution in [0, 0.1) is 10.1 Å². The predicted octanol–water partition coefficient (Wildman–Crippen LogP) is 0.0494. The van der Waals surface area contributed by atoms with Crippen molar-refractivity contribution in [3.8, 4) is 0 Å². The van der Waals surface area contributed by atoms with E-state index in [9.17, 15) is 18.5 Å². The first-order valence-corrected chi connectivity index (χ1v) is 8.05. The molecule has 0 N–H and O–H groups in total. The van der Waals surface area contributed by atoms with Crippen molar-refractivity contribution in [3.63, 3.8) is 0 Å². The number of ether oxygens (including phenoxy) is 1. The maximum absolute atomic E-state index is 11.3. The van der Waals surface area contributed by atoms with Crippen LogP contribution in [0.15, 0.2) is 11.1 Å². The number of rotatable bonds is 4. The van der Waals surface area contributed by atoms with Crippen LogP contribution < -0.4 is 0 Å². The van der Waals surface area contributed by atoms with Gasteiger partial charge in [0.05, 0.1) is 30.6 Å². The molecular formula is C9H13ClN4O5S. The topological polar surface area (TPSA) is 108 Å². The van der Waals surface area contributed by atoms with Crippen molar-refractivity contribution in [2.24, 2.45) is 0 Å². The van der Waals surface area contributed by atoms with Crippen molar-refractivity contribution in [1.29, 1.82) is 0 Å². The lowest BCUT2D eigenvalue weighted by Gasteiger charge is -2.29. The van der Waals surface area contributed by atoms with E-state index in [2.05, 4.69) is 5.10 Å². The summed E-state index contributed by atoms with van der Waals surface area (Å²) < 4.78 is 29.2. The monoisotopic (exact) mass is 324 g/mol. The summed E-state index contributed by atoms with van der Waals surface area (Å²) in [6, 6.07) is 0. The highest BCUT2D eigenvalue weighted by atomic mass is 35.7. The zero-order valence-electron chi connectivity index (χ0n) is 10.6. The molecule has 9 nitrogen and oxygen atoms in total. The summed E-state index contributed by atoms with van der Waals surface area (Å²) in [6.45, 7) is 2.20. The van der Waals surface area contributed by atoms with Gasteiger partial charge in [0.1, 0.15) is 0 Å². The number of likely N-dealkylation sites (N-methyl/N-ethyl adjacent to an activating group) is 1. The molecular weight excluding hydrogens is 312 g/mol. The van der Waals surface area contributed by atoms with Gasteiger partial charge < -0.3 is 19.8 Å². The molecule has 0 amide bonds. The molecule has 112 valence electrons. The Balaban J connectivity index is 2.23. The first kappa shape index (κ1) is 15.2. The first-order valence-electron chi connectivity index (χ1n) is 5.74. The number of nitro groups is 1. The molecule has 1 saturated heterocycles. The molecule has 0 aromatic carbocycles. The molecule has 1 aliphatic rings. The Labute approximate surface area is 119 Å². The summed E-state index contributed by atoms with van der Waals surface area (Å²) in [5.41, 5.74) is 0. The average molecular weight is 325 g/mol. The molecule has 2 heterocycles. The number of aromatic nitrogens is 2. The van der Waals surface area contributed by atoms with E-state index in [1.54, 1.807) is 0 Å². The fraction of sp³-hybridized carbons (Fsp3) is 0.667. The summed E-state index contributed by atoms with van der Waals surface area (Å²) in [4.78, 5) is 11.4. The van der Waals surface area contributed by atoms with Crippen molar-refractivity contribution >= 4 is 25.6 Å². The zero-order chi connectivity index (χ0) is 14.9. The van der Waals surface area contributed by atoms with Gasteiger partial charge in [-0.05, 0) is 12.0 Å². The normalized spacial score (nSPS) is 21.0. The summed E-state index contributed by atoms with van der Waals surface area (Å²) in [5.74, 6) is -0.774. The van der Waals surface area contributed by atoms with E-state index in [1.165, 1.54) is 4.68 Å². The number of halogens is 1. The van der Waals surface area contributed by atoms with Gasteiger partial charge in [-0.25, -0.2) is 8.42 Å². The molecule has 1 aliphatic heterocycles. The molecule has 0 bridgehead atoms. The standard InChI is InChI=1S/C9H13ClN4O5S/c1-12-2-3-19-7(4-12)5-13-6-8(20(10,17)18)9(11-13)14(15)16/h6-7H,2-5H2,1H3. The highest BCUT2D eigenvalue weighted by Gasteiger charge is 2.31. The van der Waals surface area contributed by atoms with E-state index in [0.717, 1.165) is 12.7 Å². The maximum Gasteiger partial charge on any atom is 0.410 e. The Morgan fingerprint density at radius 1 is 1.65 bits per heavy atom. The Morgan fingerprint density at radius 3 is 2.85 bits per heavy atom. The Kier molecular flexibility index (Phi) is 4.28. The van der Waals surface area contributed by atoms with Crippen LogP contribution in [0.3, 0.4) is 0 Å². The number of nitrogens with zero attached hydrogens (tertiary/aromatic N) is 4. The van der Waals surface area contributed by atoms with Crippen LogP contribution in [-0.4, -0.2) is 60.9 Å². The van der Waals surface area contributed by atoms with E-state index in [0.29, 0.717) is 13.2 Å². The van der Waals surface area contributed by atoms with E-state index in [-0.39, 0.29) is 12.6 Å². The van der Waals surface area contributed by atoms with Gasteiger partial charge in [-0.2, -0.15) is 4.68 Å². The minimum atomic E-state index is -4.21. The number of hydrogen-bond acceptors (Lipinski definition) is 7. The summed E-state index contributed by atoms with van der Waals surface area (Å²) in [6.07, 6.45) is 0.845. The summed E-state index contributed by atoms with van der Waals surface area (Å²) in [7, 11) is 2.88. The van der Waals surface area contributed by atoms with Crippen LogP contribution in [0.5, 0.6) is 0 Å². The molecule has 1 atom stereocenters. The smallest absolute Gasteiger partial charge is 0.374 e. The van der Waals surface area contributed by atoms with E-state index < -0.39 is 24.7 Å². The summed E-state index contributed by atoms with van der Waals surface area (Å²) >= 11 is 0. The molecule has 0 radical (unpaired) electrons. The van der Waals surface area contributed by atoms with Crippen LogP contribution >= 0.6 is 10.7 Å². The second-order valence-electron chi connectivity index (χ2n) is 4.49. The molecule has 0 saturated carbocycles. The Hall–Kier alpha value is -1.23. The van der Waals surface area contributed by atoms with Crippen molar-refractivity contribution in [2.45, 2.75) is 17.5 Å². The molecule has 0 spiro atoms.